The minimum absolute atomic E-state index is 0.257. The second-order valence-corrected chi connectivity index (χ2v) is 13.1. The van der Waals surface area contributed by atoms with Gasteiger partial charge in [0.1, 0.15) is 0 Å². The van der Waals surface area contributed by atoms with Gasteiger partial charge in [-0.2, -0.15) is 5.10 Å². The van der Waals surface area contributed by atoms with E-state index in [0.717, 1.165) is 106 Å². The van der Waals surface area contributed by atoms with Crippen LogP contribution in [0.3, 0.4) is 0 Å². The minimum atomic E-state index is -0.957. The fourth-order valence-corrected chi connectivity index (χ4v) is 6.78. The summed E-state index contributed by atoms with van der Waals surface area (Å²) in [6, 6.07) is 11.9. The van der Waals surface area contributed by atoms with E-state index in [-0.39, 0.29) is 6.54 Å². The van der Waals surface area contributed by atoms with Gasteiger partial charge in [0.2, 0.25) is 0 Å². The van der Waals surface area contributed by atoms with Gasteiger partial charge in [0.15, 0.2) is 0 Å². The van der Waals surface area contributed by atoms with Gasteiger partial charge in [-0.05, 0) is 49.2 Å². The van der Waals surface area contributed by atoms with Gasteiger partial charge in [0, 0.05) is 91.2 Å². The summed E-state index contributed by atoms with van der Waals surface area (Å²) < 4.78 is 13.1. The summed E-state index contributed by atoms with van der Waals surface area (Å²) in [6.07, 6.45) is 1.51. The number of amides is 2. The van der Waals surface area contributed by atoms with Crippen LogP contribution in [0.5, 0.6) is 0 Å². The first-order chi connectivity index (χ1) is 22.8. The third kappa shape index (κ3) is 8.00. The van der Waals surface area contributed by atoms with Crippen molar-refractivity contribution in [3.63, 3.8) is 0 Å². The molecule has 0 spiro atoms. The zero-order chi connectivity index (χ0) is 32.9. The second kappa shape index (κ2) is 15.2. The number of carbonyl (C=O) groups excluding carboxylic acids is 2. The van der Waals surface area contributed by atoms with Crippen molar-refractivity contribution in [3.8, 4) is 23.1 Å². The largest absolute Gasteiger partial charge is 0.379 e. The molecule has 2 aromatic carbocycles. The van der Waals surface area contributed by atoms with Gasteiger partial charge in [-0.1, -0.05) is 41.1 Å². The highest BCUT2D eigenvalue weighted by atomic mass is 35.5. The lowest BCUT2D eigenvalue weighted by atomic mass is 9.99. The molecule has 2 fully saturated rings. The number of nitrogens with two attached hydrogens (primary N) is 1. The fourth-order valence-electron chi connectivity index (χ4n) is 6.44. The Balaban J connectivity index is 1.26. The average molecular weight is 680 g/mol. The first kappa shape index (κ1) is 33.5. The van der Waals surface area contributed by atoms with Gasteiger partial charge >= 0.3 is 11.8 Å². The number of carbonyl (C=O) groups is 2. The van der Waals surface area contributed by atoms with E-state index in [4.69, 9.17) is 43.5 Å². The summed E-state index contributed by atoms with van der Waals surface area (Å²) in [6.45, 7) is 10.9. The van der Waals surface area contributed by atoms with Crippen molar-refractivity contribution in [1.82, 2.24) is 24.5 Å². The molecule has 3 aromatic rings. The zero-order valence-electron chi connectivity index (χ0n) is 26.6. The molecule has 2 N–H and O–H groups in total. The average Bonchev–Trinajstić information content (AvgIpc) is 3.44. The number of fused-ring (bicyclic) bond motifs is 1. The highest BCUT2D eigenvalue weighted by molar-refractivity contribution is 6.34. The Kier molecular flexibility index (Phi) is 10.8. The highest BCUT2D eigenvalue weighted by Gasteiger charge is 2.30. The van der Waals surface area contributed by atoms with Crippen LogP contribution < -0.4 is 5.73 Å². The van der Waals surface area contributed by atoms with Crippen LogP contribution >= 0.6 is 23.2 Å². The van der Waals surface area contributed by atoms with E-state index in [0.29, 0.717) is 34.6 Å². The Morgan fingerprint density at radius 1 is 0.979 bits per heavy atom. The molecule has 47 heavy (non-hydrogen) atoms. The smallest absolute Gasteiger partial charge is 0.311 e. The van der Waals surface area contributed by atoms with Crippen LogP contribution in [-0.2, 0) is 45.1 Å². The Labute approximate surface area is 285 Å². The second-order valence-electron chi connectivity index (χ2n) is 12.3. The number of morpholine rings is 2. The normalized spacial score (nSPS) is 18.8. The molecular formula is C35H40Cl2N6O4. The van der Waals surface area contributed by atoms with E-state index in [1.165, 1.54) is 4.90 Å². The van der Waals surface area contributed by atoms with E-state index in [1.54, 1.807) is 0 Å². The molecule has 4 heterocycles. The van der Waals surface area contributed by atoms with Crippen molar-refractivity contribution < 1.29 is 19.1 Å². The van der Waals surface area contributed by atoms with Crippen LogP contribution in [0.25, 0.3) is 11.3 Å². The number of rotatable bonds is 7. The van der Waals surface area contributed by atoms with Gasteiger partial charge in [-0.3, -0.25) is 24.1 Å². The summed E-state index contributed by atoms with van der Waals surface area (Å²) in [5, 5.41) is 6.31. The lowest BCUT2D eigenvalue weighted by molar-refractivity contribution is -0.144. The van der Waals surface area contributed by atoms with E-state index in [2.05, 4.69) is 33.2 Å². The number of nitrogens with zero attached hydrogens (tertiary/aromatic N) is 5. The maximum Gasteiger partial charge on any atom is 0.311 e. The Bertz CT molecular complexity index is 1690. The summed E-state index contributed by atoms with van der Waals surface area (Å²) in [5.74, 6) is 4.89. The lowest BCUT2D eigenvalue weighted by Crippen LogP contribution is -2.44. The third-order valence-electron chi connectivity index (χ3n) is 9.08. The molecule has 3 aliphatic rings. The number of benzene rings is 2. The summed E-state index contributed by atoms with van der Waals surface area (Å²) >= 11 is 13.2. The van der Waals surface area contributed by atoms with Crippen LogP contribution in [0.2, 0.25) is 10.0 Å². The molecule has 1 aromatic heterocycles. The summed E-state index contributed by atoms with van der Waals surface area (Å²) in [5.41, 5.74) is 11.5. The maximum absolute atomic E-state index is 12.6. The maximum atomic E-state index is 12.6. The van der Waals surface area contributed by atoms with E-state index in [1.807, 2.05) is 36.4 Å². The molecule has 2 amide bonds. The van der Waals surface area contributed by atoms with Crippen molar-refractivity contribution in [3.05, 3.63) is 74.4 Å². The molecule has 248 valence electrons. The van der Waals surface area contributed by atoms with Gasteiger partial charge in [0.05, 0.1) is 43.7 Å². The van der Waals surface area contributed by atoms with Crippen molar-refractivity contribution in [2.75, 3.05) is 59.2 Å². The molecular weight excluding hydrogens is 639 g/mol. The molecule has 3 aliphatic heterocycles. The number of halogens is 2. The SMILES string of the molecule is C[C@H]1COCCN1CCCn1nc(-c2ccc(Cl)c(C#Cc3ccc(Cl)c(CN4CCOCC4)c3)c2)c2c1CCN(C(=O)C(N)=O)C2. The van der Waals surface area contributed by atoms with Crippen molar-refractivity contribution in [1.29, 1.82) is 0 Å². The van der Waals surface area contributed by atoms with E-state index in [9.17, 15) is 9.59 Å². The molecule has 0 saturated carbocycles. The van der Waals surface area contributed by atoms with Crippen LogP contribution in [0.4, 0.5) is 0 Å². The first-order valence-corrected chi connectivity index (χ1v) is 16.9. The van der Waals surface area contributed by atoms with Gasteiger partial charge in [0.25, 0.3) is 0 Å². The van der Waals surface area contributed by atoms with Crippen LogP contribution in [0.1, 0.15) is 41.3 Å². The van der Waals surface area contributed by atoms with Crippen molar-refractivity contribution in [2.24, 2.45) is 5.73 Å². The van der Waals surface area contributed by atoms with Gasteiger partial charge < -0.3 is 20.1 Å². The highest BCUT2D eigenvalue weighted by Crippen LogP contribution is 2.32. The fraction of sp³-hybridized carbons (Fsp3) is 0.457. The number of ether oxygens (including phenoxy) is 2. The topological polar surface area (TPSA) is 106 Å². The monoisotopic (exact) mass is 678 g/mol. The molecule has 12 heteroatoms. The predicted molar refractivity (Wildman–Crippen MR) is 181 cm³/mol. The predicted octanol–water partition coefficient (Wildman–Crippen LogP) is 3.57. The first-order valence-electron chi connectivity index (χ1n) is 16.2. The number of aryl methyl sites for hydroxylation is 1. The van der Waals surface area contributed by atoms with Crippen LogP contribution in [0, 0.1) is 11.8 Å². The number of aromatic nitrogens is 2. The molecule has 10 nitrogen and oxygen atoms in total. The quantitative estimate of drug-likeness (QED) is 0.301. The number of primary amides is 1. The zero-order valence-corrected chi connectivity index (χ0v) is 28.2. The standard InChI is InChI=1S/C35H40Cl2N6O4/c1-24-23-47-18-15-41(24)10-2-11-43-32-9-12-42(35(45)34(38)44)22-29(32)33(39-43)27-6-8-30(36)26(20-27)5-3-25-4-7-31(37)28(19-25)21-40-13-16-46-17-14-40/h4,6-8,19-20,24H,2,9-18,21-23H2,1H3,(H2,38,44)/t24-/m0/s1. The third-order valence-corrected chi connectivity index (χ3v) is 9.78. The van der Waals surface area contributed by atoms with Crippen LogP contribution in [0.15, 0.2) is 36.4 Å². The van der Waals surface area contributed by atoms with E-state index >= 15 is 0 Å². The Morgan fingerprint density at radius 2 is 1.77 bits per heavy atom. The lowest BCUT2D eigenvalue weighted by Gasteiger charge is -2.33. The van der Waals surface area contributed by atoms with Crippen LogP contribution in [-0.4, -0.2) is 101 Å². The number of hydrogen-bond acceptors (Lipinski definition) is 7. The summed E-state index contributed by atoms with van der Waals surface area (Å²) in [4.78, 5) is 30.6. The Hall–Kier alpha value is -3.43. The molecule has 0 bridgehead atoms. The van der Waals surface area contributed by atoms with Gasteiger partial charge in [-0.25, -0.2) is 0 Å². The molecule has 0 unspecified atom stereocenters. The molecule has 2 saturated heterocycles. The number of hydrogen-bond donors (Lipinski definition) is 1. The molecule has 1 atom stereocenters. The Morgan fingerprint density at radius 3 is 2.55 bits per heavy atom. The minimum Gasteiger partial charge on any atom is -0.379 e. The van der Waals surface area contributed by atoms with E-state index < -0.39 is 11.8 Å². The summed E-state index contributed by atoms with van der Waals surface area (Å²) in [7, 11) is 0. The molecule has 6 rings (SSSR count). The van der Waals surface area contributed by atoms with Gasteiger partial charge in [-0.15, -0.1) is 0 Å². The molecule has 0 radical (unpaired) electrons. The van der Waals surface area contributed by atoms with Crippen molar-refractivity contribution >= 4 is 35.0 Å². The molecule has 0 aliphatic carbocycles. The van der Waals surface area contributed by atoms with Crippen molar-refractivity contribution in [2.45, 2.75) is 45.4 Å².